The predicted molar refractivity (Wildman–Crippen MR) is 104 cm³/mol. The van der Waals surface area contributed by atoms with Crippen molar-refractivity contribution < 1.29 is 23.9 Å². The quantitative estimate of drug-likeness (QED) is 0.343. The van der Waals surface area contributed by atoms with E-state index in [-0.39, 0.29) is 6.61 Å². The molecule has 2 N–H and O–H groups in total. The number of esters is 1. The maximum Gasteiger partial charge on any atom is 0.343 e. The van der Waals surface area contributed by atoms with E-state index >= 15 is 0 Å². The maximum atomic E-state index is 12.0. The second kappa shape index (κ2) is 9.86. The average Bonchev–Trinajstić information content (AvgIpc) is 2.69. The van der Waals surface area contributed by atoms with Gasteiger partial charge in [-0.1, -0.05) is 12.1 Å². The second-order valence-corrected chi connectivity index (χ2v) is 5.91. The van der Waals surface area contributed by atoms with Gasteiger partial charge in [-0.05, 0) is 60.9 Å². The van der Waals surface area contributed by atoms with Crippen LogP contribution in [0.2, 0.25) is 0 Å². The smallest absolute Gasteiger partial charge is 0.343 e. The molecular formula is C20H21N3O5. The number of hydrogen-bond donors (Lipinski definition) is 2. The van der Waals surface area contributed by atoms with E-state index in [1.807, 2.05) is 26.0 Å². The standard InChI is InChI=1S/C20H21N3O5/c1-13-4-5-14(2)17(10-13)22-19(25)20(26)23-21-11-15-6-8-16(9-7-15)28-12-18(24)27-3/h4-11H,12H2,1-3H3,(H,22,25)(H,23,26)/b21-11-. The number of methoxy groups -OCH3 is 1. The van der Waals surface area contributed by atoms with Gasteiger partial charge in [0.15, 0.2) is 6.61 Å². The second-order valence-electron chi connectivity index (χ2n) is 5.91. The lowest BCUT2D eigenvalue weighted by molar-refractivity contribution is -0.142. The number of anilines is 1. The van der Waals surface area contributed by atoms with Crippen LogP contribution in [-0.2, 0) is 19.1 Å². The molecule has 0 saturated heterocycles. The van der Waals surface area contributed by atoms with Crippen molar-refractivity contribution in [2.45, 2.75) is 13.8 Å². The summed E-state index contributed by atoms with van der Waals surface area (Å²) in [7, 11) is 1.28. The normalized spacial score (nSPS) is 10.4. The van der Waals surface area contributed by atoms with Crippen molar-refractivity contribution in [1.29, 1.82) is 0 Å². The zero-order chi connectivity index (χ0) is 20.5. The molecule has 8 heteroatoms. The van der Waals surface area contributed by atoms with Gasteiger partial charge in [-0.3, -0.25) is 9.59 Å². The van der Waals surface area contributed by atoms with Crippen LogP contribution in [0.15, 0.2) is 47.6 Å². The number of carbonyl (C=O) groups is 3. The van der Waals surface area contributed by atoms with Crippen LogP contribution >= 0.6 is 0 Å². The number of hydrazone groups is 1. The third-order valence-electron chi connectivity index (χ3n) is 3.69. The molecule has 28 heavy (non-hydrogen) atoms. The zero-order valence-corrected chi connectivity index (χ0v) is 15.8. The molecule has 0 unspecified atom stereocenters. The van der Waals surface area contributed by atoms with Gasteiger partial charge < -0.3 is 14.8 Å². The summed E-state index contributed by atoms with van der Waals surface area (Å²) in [5, 5.41) is 6.32. The number of amides is 2. The highest BCUT2D eigenvalue weighted by Gasteiger charge is 2.14. The number of nitrogens with zero attached hydrogens (tertiary/aromatic N) is 1. The van der Waals surface area contributed by atoms with Crippen molar-refractivity contribution in [3.8, 4) is 5.75 Å². The highest BCUT2D eigenvalue weighted by molar-refractivity contribution is 6.39. The molecule has 2 aromatic carbocycles. The lowest BCUT2D eigenvalue weighted by Crippen LogP contribution is -2.32. The Bertz CT molecular complexity index is 891. The molecule has 0 spiro atoms. The summed E-state index contributed by atoms with van der Waals surface area (Å²) in [4.78, 5) is 34.8. The molecule has 8 nitrogen and oxygen atoms in total. The first kappa shape index (κ1) is 20.6. The number of ether oxygens (including phenoxy) is 2. The molecule has 0 saturated carbocycles. The molecular weight excluding hydrogens is 362 g/mol. The van der Waals surface area contributed by atoms with Crippen molar-refractivity contribution in [3.63, 3.8) is 0 Å². The zero-order valence-electron chi connectivity index (χ0n) is 15.8. The van der Waals surface area contributed by atoms with Crippen molar-refractivity contribution in [1.82, 2.24) is 5.43 Å². The van der Waals surface area contributed by atoms with Crippen molar-refractivity contribution >= 4 is 29.7 Å². The van der Waals surface area contributed by atoms with Gasteiger partial charge in [0.05, 0.1) is 13.3 Å². The third-order valence-corrected chi connectivity index (χ3v) is 3.69. The molecule has 0 aliphatic heterocycles. The lowest BCUT2D eigenvalue weighted by atomic mass is 10.1. The van der Waals surface area contributed by atoms with Crippen LogP contribution in [0.1, 0.15) is 16.7 Å². The highest BCUT2D eigenvalue weighted by Crippen LogP contribution is 2.16. The van der Waals surface area contributed by atoms with E-state index in [4.69, 9.17) is 4.74 Å². The summed E-state index contributed by atoms with van der Waals surface area (Å²) in [5.74, 6) is -1.68. The molecule has 2 amide bonds. The van der Waals surface area contributed by atoms with Crippen molar-refractivity contribution in [2.24, 2.45) is 5.10 Å². The number of carbonyl (C=O) groups excluding carboxylic acids is 3. The van der Waals surface area contributed by atoms with E-state index in [0.717, 1.165) is 11.1 Å². The Labute approximate surface area is 162 Å². The van der Waals surface area contributed by atoms with Crippen LogP contribution in [-0.4, -0.2) is 37.7 Å². The van der Waals surface area contributed by atoms with Gasteiger partial charge in [0.25, 0.3) is 0 Å². The molecule has 0 fully saturated rings. The first-order chi connectivity index (χ1) is 13.4. The molecule has 0 heterocycles. The predicted octanol–water partition coefficient (Wildman–Crippen LogP) is 1.94. The van der Waals surface area contributed by atoms with Gasteiger partial charge >= 0.3 is 17.8 Å². The van der Waals surface area contributed by atoms with Crippen LogP contribution in [0, 0.1) is 13.8 Å². The lowest BCUT2D eigenvalue weighted by Gasteiger charge is -2.08. The van der Waals surface area contributed by atoms with Crippen LogP contribution in [0.5, 0.6) is 5.75 Å². The summed E-state index contributed by atoms with van der Waals surface area (Å²) < 4.78 is 9.70. The van der Waals surface area contributed by atoms with Crippen molar-refractivity contribution in [2.75, 3.05) is 19.0 Å². The summed E-state index contributed by atoms with van der Waals surface area (Å²) in [5.41, 5.74) is 5.24. The molecule has 0 aliphatic carbocycles. The van der Waals surface area contributed by atoms with Crippen LogP contribution in [0.3, 0.4) is 0 Å². The average molecular weight is 383 g/mol. The van der Waals surface area contributed by atoms with Crippen LogP contribution < -0.4 is 15.5 Å². The van der Waals surface area contributed by atoms with Gasteiger partial charge in [0.2, 0.25) is 0 Å². The minimum absolute atomic E-state index is 0.185. The number of rotatable bonds is 6. The fourth-order valence-corrected chi connectivity index (χ4v) is 2.12. The molecule has 0 radical (unpaired) electrons. The Morgan fingerprint density at radius 2 is 1.75 bits per heavy atom. The Hall–Kier alpha value is -3.68. The summed E-state index contributed by atoms with van der Waals surface area (Å²) in [6.45, 7) is 3.55. The Morgan fingerprint density at radius 1 is 1.04 bits per heavy atom. The minimum atomic E-state index is -0.879. The Balaban J connectivity index is 1.86. The molecule has 2 rings (SSSR count). The summed E-state index contributed by atoms with van der Waals surface area (Å²) >= 11 is 0. The van der Waals surface area contributed by atoms with E-state index in [2.05, 4.69) is 20.6 Å². The van der Waals surface area contributed by atoms with Gasteiger partial charge in [-0.25, -0.2) is 10.2 Å². The highest BCUT2D eigenvalue weighted by atomic mass is 16.6. The SMILES string of the molecule is COC(=O)COc1ccc(/C=N\NC(=O)C(=O)Nc2cc(C)ccc2C)cc1. The van der Waals surface area contributed by atoms with Gasteiger partial charge in [0, 0.05) is 5.69 Å². The summed E-state index contributed by atoms with van der Waals surface area (Å²) in [6.07, 6.45) is 1.38. The van der Waals surface area contributed by atoms with Crippen LogP contribution in [0.25, 0.3) is 0 Å². The first-order valence-electron chi connectivity index (χ1n) is 8.40. The number of hydrogen-bond acceptors (Lipinski definition) is 6. The van der Waals surface area contributed by atoms with E-state index in [0.29, 0.717) is 17.0 Å². The first-order valence-corrected chi connectivity index (χ1v) is 8.40. The Morgan fingerprint density at radius 3 is 2.43 bits per heavy atom. The van der Waals surface area contributed by atoms with E-state index in [9.17, 15) is 14.4 Å². The molecule has 2 aromatic rings. The number of aryl methyl sites for hydroxylation is 2. The summed E-state index contributed by atoms with van der Waals surface area (Å²) in [6, 6.07) is 12.2. The Kier molecular flexibility index (Phi) is 7.27. The maximum absolute atomic E-state index is 12.0. The number of benzene rings is 2. The molecule has 146 valence electrons. The number of nitrogens with one attached hydrogen (secondary N) is 2. The fourth-order valence-electron chi connectivity index (χ4n) is 2.12. The molecule has 0 atom stereocenters. The van der Waals surface area contributed by atoms with Gasteiger partial charge in [-0.15, -0.1) is 0 Å². The minimum Gasteiger partial charge on any atom is -0.482 e. The van der Waals surface area contributed by atoms with E-state index in [1.54, 1.807) is 30.3 Å². The van der Waals surface area contributed by atoms with Gasteiger partial charge in [0.1, 0.15) is 5.75 Å². The topological polar surface area (TPSA) is 106 Å². The largest absolute Gasteiger partial charge is 0.482 e. The van der Waals surface area contributed by atoms with E-state index in [1.165, 1.54) is 13.3 Å². The van der Waals surface area contributed by atoms with Crippen molar-refractivity contribution in [3.05, 3.63) is 59.2 Å². The van der Waals surface area contributed by atoms with Crippen LogP contribution in [0.4, 0.5) is 5.69 Å². The third kappa shape index (κ3) is 6.24. The molecule has 0 aliphatic rings. The monoisotopic (exact) mass is 383 g/mol. The molecule has 0 aromatic heterocycles. The van der Waals surface area contributed by atoms with E-state index < -0.39 is 17.8 Å². The fraction of sp³-hybridized carbons (Fsp3) is 0.200. The molecule has 0 bridgehead atoms. The van der Waals surface area contributed by atoms with Gasteiger partial charge in [-0.2, -0.15) is 5.10 Å².